The van der Waals surface area contributed by atoms with Crippen molar-refractivity contribution in [1.82, 2.24) is 24.4 Å². The van der Waals surface area contributed by atoms with Gasteiger partial charge in [-0.3, -0.25) is 19.3 Å². The van der Waals surface area contributed by atoms with E-state index in [1.165, 1.54) is 29.3 Å². The third-order valence-corrected chi connectivity index (χ3v) is 7.75. The molecule has 1 amide bonds. The van der Waals surface area contributed by atoms with Gasteiger partial charge >= 0.3 is 11.8 Å². The van der Waals surface area contributed by atoms with Crippen LogP contribution < -0.4 is 5.69 Å². The molecule has 0 spiro atoms. The number of halogens is 2. The Morgan fingerprint density at radius 2 is 1.77 bits per heavy atom. The Hall–Kier alpha value is -4.45. The number of ketones is 1. The molecule has 0 bridgehead atoms. The molecule has 6 rings (SSSR count). The molecule has 1 aliphatic heterocycles. The summed E-state index contributed by atoms with van der Waals surface area (Å²) < 4.78 is 36.1. The van der Waals surface area contributed by atoms with E-state index in [-0.39, 0.29) is 35.8 Å². The molecule has 40 heavy (non-hydrogen) atoms. The van der Waals surface area contributed by atoms with Gasteiger partial charge in [0.1, 0.15) is 6.10 Å². The highest BCUT2D eigenvalue weighted by Crippen LogP contribution is 2.41. The predicted molar refractivity (Wildman–Crippen MR) is 137 cm³/mol. The topological polar surface area (TPSA) is 130 Å². The maximum Gasteiger partial charge on any atom is 0.410 e. The van der Waals surface area contributed by atoms with Crippen LogP contribution in [0.1, 0.15) is 59.4 Å². The van der Waals surface area contributed by atoms with Gasteiger partial charge in [0.25, 0.3) is 0 Å². The van der Waals surface area contributed by atoms with E-state index in [0.717, 1.165) is 12.1 Å². The predicted octanol–water partition coefficient (Wildman–Crippen LogP) is 3.78. The number of nitrogens with one attached hydrogen (secondary N) is 1. The van der Waals surface area contributed by atoms with Gasteiger partial charge in [-0.2, -0.15) is 0 Å². The molecule has 2 aliphatic rings. The second-order valence-electron chi connectivity index (χ2n) is 10.0. The molecule has 1 saturated heterocycles. The minimum absolute atomic E-state index is 0.0324. The van der Waals surface area contributed by atoms with E-state index in [2.05, 4.69) is 15.0 Å². The maximum atomic E-state index is 14.7. The molecule has 1 aromatic carbocycles. The van der Waals surface area contributed by atoms with Gasteiger partial charge < -0.3 is 14.7 Å². The summed E-state index contributed by atoms with van der Waals surface area (Å²) in [5.74, 6) is -3.35. The van der Waals surface area contributed by atoms with Crippen molar-refractivity contribution in [3.63, 3.8) is 0 Å². The van der Waals surface area contributed by atoms with E-state index in [1.54, 1.807) is 16.8 Å². The molecule has 1 aliphatic carbocycles. The van der Waals surface area contributed by atoms with Crippen molar-refractivity contribution >= 4 is 23.0 Å². The highest BCUT2D eigenvalue weighted by atomic mass is 19.2. The Balaban J connectivity index is 1.20. The number of piperidine rings is 1. The van der Waals surface area contributed by atoms with E-state index in [9.17, 15) is 28.3 Å². The Kier molecular flexibility index (Phi) is 6.41. The Labute approximate surface area is 226 Å². The van der Waals surface area contributed by atoms with Gasteiger partial charge in [-0.25, -0.2) is 23.4 Å². The van der Waals surface area contributed by atoms with Crippen molar-refractivity contribution in [3.05, 3.63) is 93.8 Å². The maximum absolute atomic E-state index is 14.7. The minimum Gasteiger partial charge on any atom is -0.440 e. The largest absolute Gasteiger partial charge is 0.440 e. The van der Waals surface area contributed by atoms with E-state index >= 15 is 0 Å². The molecule has 206 valence electrons. The quantitative estimate of drug-likeness (QED) is 0.372. The first-order valence-electron chi connectivity index (χ1n) is 13.0. The second kappa shape index (κ2) is 9.94. The third kappa shape index (κ3) is 4.24. The van der Waals surface area contributed by atoms with Crippen LogP contribution in [0.15, 0.2) is 59.7 Å². The summed E-state index contributed by atoms with van der Waals surface area (Å²) in [4.78, 5) is 51.9. The number of carbonyl (C=O) groups excluding carboxylic acids is 2. The summed E-state index contributed by atoms with van der Waals surface area (Å²) in [7, 11) is 0. The molecule has 3 aromatic heterocycles. The summed E-state index contributed by atoms with van der Waals surface area (Å²) in [6.07, 6.45) is 2.04. The Bertz CT molecular complexity index is 1680. The molecule has 4 heterocycles. The van der Waals surface area contributed by atoms with E-state index in [4.69, 9.17) is 4.74 Å². The number of hydrogen-bond donors (Lipinski definition) is 2. The molecule has 2 N–H and O–H groups in total. The monoisotopic (exact) mass is 549 g/mol. The smallest absolute Gasteiger partial charge is 0.410 e. The number of Topliss-reactive ketones (excluding diaryl/α,β-unsaturated/α-hetero) is 1. The first-order valence-corrected chi connectivity index (χ1v) is 13.0. The van der Waals surface area contributed by atoms with Crippen molar-refractivity contribution in [1.29, 1.82) is 0 Å². The first-order chi connectivity index (χ1) is 19.3. The number of imidazole rings is 1. The van der Waals surface area contributed by atoms with Crippen molar-refractivity contribution in [2.75, 3.05) is 13.1 Å². The van der Waals surface area contributed by atoms with Crippen LogP contribution in [0.5, 0.6) is 0 Å². The van der Waals surface area contributed by atoms with Gasteiger partial charge in [-0.05, 0) is 56.0 Å². The van der Waals surface area contributed by atoms with Crippen LogP contribution in [-0.2, 0) is 10.3 Å². The number of H-pyrrole nitrogens is 1. The zero-order valence-electron chi connectivity index (χ0n) is 21.2. The number of benzene rings is 1. The van der Waals surface area contributed by atoms with E-state index in [1.807, 2.05) is 6.07 Å². The van der Waals surface area contributed by atoms with Crippen molar-refractivity contribution < 1.29 is 28.2 Å². The Morgan fingerprint density at radius 3 is 2.58 bits per heavy atom. The number of rotatable bonds is 3. The Morgan fingerprint density at radius 1 is 1.02 bits per heavy atom. The number of hydrogen-bond acceptors (Lipinski definition) is 7. The van der Waals surface area contributed by atoms with Gasteiger partial charge in [0.05, 0.1) is 11.2 Å². The van der Waals surface area contributed by atoms with Crippen molar-refractivity contribution in [2.45, 2.75) is 43.4 Å². The summed E-state index contributed by atoms with van der Waals surface area (Å²) in [6.45, 7) is 0.643. The standard InChI is InChI=1S/C28H25F2N5O5/c29-19-6-1-5-18(22(19)30)28(39)11-8-21(23-17(24(28)36)4-2-12-31-23)40-27(38)34-14-9-16(10-15-34)35-20-7-3-13-32-25(20)33-26(35)37/h1-7,12-13,16,21,39H,8-11,14-15H2,(H,32,33,37). The highest BCUT2D eigenvalue weighted by molar-refractivity contribution is 6.04. The van der Waals surface area contributed by atoms with E-state index < -0.39 is 40.8 Å². The van der Waals surface area contributed by atoms with Crippen molar-refractivity contribution in [2.24, 2.45) is 0 Å². The summed E-state index contributed by atoms with van der Waals surface area (Å²) >= 11 is 0. The van der Waals surface area contributed by atoms with Gasteiger partial charge in [0, 0.05) is 42.7 Å². The average molecular weight is 550 g/mol. The fraction of sp³-hybridized carbons (Fsp3) is 0.321. The number of aromatic amines is 1. The lowest BCUT2D eigenvalue weighted by molar-refractivity contribution is 0.0108. The van der Waals surface area contributed by atoms with Gasteiger partial charge in [0.2, 0.25) is 5.78 Å². The number of pyridine rings is 2. The van der Waals surface area contributed by atoms with Crippen LogP contribution in [0.2, 0.25) is 0 Å². The molecular formula is C28H25F2N5O5. The summed E-state index contributed by atoms with van der Waals surface area (Å²) in [5, 5.41) is 11.4. The SMILES string of the molecule is O=C(OC1CCC(O)(c2cccc(F)c2F)C(=O)c2cccnc21)N1CCC(n2c(=O)[nH]c3ncccc32)CC1. The molecule has 10 nitrogen and oxygen atoms in total. The van der Waals surface area contributed by atoms with E-state index in [0.29, 0.717) is 37.1 Å². The first kappa shape index (κ1) is 25.8. The molecule has 0 radical (unpaired) electrons. The van der Waals surface area contributed by atoms with Gasteiger partial charge in [-0.1, -0.05) is 12.1 Å². The van der Waals surface area contributed by atoms with Crippen LogP contribution in [-0.4, -0.2) is 54.5 Å². The lowest BCUT2D eigenvalue weighted by atomic mass is 9.83. The fourth-order valence-electron chi connectivity index (χ4n) is 5.70. The number of likely N-dealkylation sites (tertiary alicyclic amines) is 1. The lowest BCUT2D eigenvalue weighted by Gasteiger charge is -2.33. The summed E-state index contributed by atoms with van der Waals surface area (Å²) in [6, 6.07) is 9.62. The normalized spacial score (nSPS) is 21.7. The van der Waals surface area contributed by atoms with Crippen LogP contribution in [0.3, 0.4) is 0 Å². The molecule has 2 unspecified atom stereocenters. The van der Waals surface area contributed by atoms with Crippen LogP contribution in [0.25, 0.3) is 11.2 Å². The lowest BCUT2D eigenvalue weighted by Crippen LogP contribution is -2.41. The fourth-order valence-corrected chi connectivity index (χ4v) is 5.70. The highest BCUT2D eigenvalue weighted by Gasteiger charge is 2.46. The number of aliphatic hydroxyl groups is 1. The van der Waals surface area contributed by atoms with Gasteiger partial charge in [-0.15, -0.1) is 0 Å². The number of nitrogens with zero attached hydrogens (tertiary/aromatic N) is 4. The number of carbonyl (C=O) groups is 2. The molecule has 2 atom stereocenters. The zero-order valence-corrected chi connectivity index (χ0v) is 21.2. The second-order valence-corrected chi connectivity index (χ2v) is 10.0. The molecule has 4 aromatic rings. The van der Waals surface area contributed by atoms with Gasteiger partial charge in [0.15, 0.2) is 22.9 Å². The van der Waals surface area contributed by atoms with Crippen molar-refractivity contribution in [3.8, 4) is 0 Å². The number of ether oxygens (including phenoxy) is 1. The minimum atomic E-state index is -2.37. The van der Waals surface area contributed by atoms with Crippen LogP contribution in [0, 0.1) is 11.6 Å². The molecule has 12 heteroatoms. The molecule has 0 saturated carbocycles. The molecular weight excluding hydrogens is 524 g/mol. The third-order valence-electron chi connectivity index (χ3n) is 7.75. The zero-order chi connectivity index (χ0) is 28.0. The average Bonchev–Trinajstić information content (AvgIpc) is 3.26. The van der Waals surface area contributed by atoms with Crippen LogP contribution >= 0.6 is 0 Å². The number of aromatic nitrogens is 4. The summed E-state index contributed by atoms with van der Waals surface area (Å²) in [5.41, 5.74) is -1.81. The van der Waals surface area contributed by atoms with Crippen LogP contribution in [0.4, 0.5) is 13.6 Å². The molecule has 1 fully saturated rings. The number of fused-ring (bicyclic) bond motifs is 2. The number of amides is 1.